The predicted molar refractivity (Wildman–Crippen MR) is 83.2 cm³/mol. The fourth-order valence-corrected chi connectivity index (χ4v) is 3.33. The third-order valence-corrected chi connectivity index (χ3v) is 4.70. The molecule has 0 unspecified atom stereocenters. The molecule has 1 aliphatic heterocycles. The number of nitrogens with zero attached hydrogens (tertiary/aromatic N) is 3. The van der Waals surface area contributed by atoms with Crippen LogP contribution >= 0.6 is 11.3 Å². The number of thiazole rings is 1. The lowest BCUT2D eigenvalue weighted by molar-refractivity contribution is 0.413. The Hall–Kier alpha value is -1.46. The summed E-state index contributed by atoms with van der Waals surface area (Å²) in [5.41, 5.74) is 2.41. The Kier molecular flexibility index (Phi) is 4.28. The van der Waals surface area contributed by atoms with Crippen molar-refractivity contribution < 1.29 is 0 Å². The number of hydrogen-bond acceptors (Lipinski definition) is 5. The second kappa shape index (κ2) is 6.33. The number of nitrogens with one attached hydrogen (secondary N) is 1. The van der Waals surface area contributed by atoms with E-state index in [2.05, 4.69) is 37.7 Å². The van der Waals surface area contributed by atoms with Gasteiger partial charge in [0.1, 0.15) is 5.01 Å². The first-order chi connectivity index (χ1) is 9.81. The van der Waals surface area contributed by atoms with Crippen LogP contribution in [0.3, 0.4) is 0 Å². The zero-order valence-corrected chi connectivity index (χ0v) is 12.6. The summed E-state index contributed by atoms with van der Waals surface area (Å²) in [6.07, 6.45) is 6.11. The van der Waals surface area contributed by atoms with E-state index in [0.29, 0.717) is 6.04 Å². The van der Waals surface area contributed by atoms with Crippen LogP contribution in [0.5, 0.6) is 0 Å². The highest BCUT2D eigenvalue weighted by Gasteiger charge is 2.19. The molecule has 20 heavy (non-hydrogen) atoms. The molecule has 3 heterocycles. The molecule has 0 saturated carbocycles. The molecule has 5 heteroatoms. The number of rotatable bonds is 4. The molecule has 0 aromatic carbocycles. The van der Waals surface area contributed by atoms with Crippen LogP contribution in [0.1, 0.15) is 23.5 Å². The third kappa shape index (κ3) is 3.35. The molecule has 2 aromatic heterocycles. The van der Waals surface area contributed by atoms with Gasteiger partial charge in [0.15, 0.2) is 0 Å². The molecule has 0 aliphatic carbocycles. The lowest BCUT2D eigenvalue weighted by atomic mass is 10.0. The average Bonchev–Trinajstić information content (AvgIpc) is 2.92. The summed E-state index contributed by atoms with van der Waals surface area (Å²) < 4.78 is 0. The van der Waals surface area contributed by atoms with E-state index in [1.54, 1.807) is 11.3 Å². The molecule has 2 aromatic rings. The van der Waals surface area contributed by atoms with Crippen LogP contribution in [0.25, 0.3) is 0 Å². The van der Waals surface area contributed by atoms with E-state index in [0.717, 1.165) is 25.3 Å². The van der Waals surface area contributed by atoms with Crippen molar-refractivity contribution in [2.75, 3.05) is 18.0 Å². The molecule has 0 amide bonds. The lowest BCUT2D eigenvalue weighted by Gasteiger charge is -2.33. The summed E-state index contributed by atoms with van der Waals surface area (Å²) in [6, 6.07) is 4.79. The molecule has 1 aliphatic rings. The molecule has 3 rings (SSSR count). The van der Waals surface area contributed by atoms with Crippen molar-refractivity contribution in [2.45, 2.75) is 32.4 Å². The summed E-state index contributed by atoms with van der Waals surface area (Å²) >= 11 is 1.74. The van der Waals surface area contributed by atoms with Crippen molar-refractivity contribution in [3.05, 3.63) is 40.6 Å². The van der Waals surface area contributed by atoms with Gasteiger partial charge in [0.25, 0.3) is 0 Å². The summed E-state index contributed by atoms with van der Waals surface area (Å²) in [7, 11) is 0. The van der Waals surface area contributed by atoms with E-state index in [1.807, 2.05) is 19.3 Å². The van der Waals surface area contributed by atoms with Crippen LogP contribution in [-0.2, 0) is 6.54 Å². The standard InChI is InChI=1S/C15H20N4S/c1-12-11-20-15(18-12)10-17-13-4-8-19(9-5-13)14-2-6-16-7-3-14/h2-3,6-7,11,13,17H,4-5,8-10H2,1H3. The van der Waals surface area contributed by atoms with Crippen molar-refractivity contribution in [1.82, 2.24) is 15.3 Å². The Labute approximate surface area is 123 Å². The summed E-state index contributed by atoms with van der Waals surface area (Å²) in [4.78, 5) is 11.0. The predicted octanol–water partition coefficient (Wildman–Crippen LogP) is 2.61. The second-order valence-electron chi connectivity index (χ2n) is 5.23. The van der Waals surface area contributed by atoms with E-state index in [9.17, 15) is 0 Å². The van der Waals surface area contributed by atoms with Crippen molar-refractivity contribution >= 4 is 17.0 Å². The van der Waals surface area contributed by atoms with Gasteiger partial charge in [-0.1, -0.05) is 0 Å². The minimum Gasteiger partial charge on any atom is -0.371 e. The number of anilines is 1. The van der Waals surface area contributed by atoms with Crippen LogP contribution in [0.2, 0.25) is 0 Å². The Bertz CT molecular complexity index is 532. The van der Waals surface area contributed by atoms with Crippen molar-refractivity contribution in [1.29, 1.82) is 0 Å². The summed E-state index contributed by atoms with van der Waals surface area (Å²) in [6.45, 7) is 5.17. The Balaban J connectivity index is 1.47. The minimum atomic E-state index is 0.609. The fraction of sp³-hybridized carbons (Fsp3) is 0.467. The normalized spacial score (nSPS) is 16.6. The van der Waals surface area contributed by atoms with Gasteiger partial charge in [0, 0.05) is 54.8 Å². The smallest absolute Gasteiger partial charge is 0.107 e. The zero-order valence-electron chi connectivity index (χ0n) is 11.7. The average molecular weight is 288 g/mol. The van der Waals surface area contributed by atoms with Crippen LogP contribution in [0.15, 0.2) is 29.9 Å². The van der Waals surface area contributed by atoms with Gasteiger partial charge in [0.2, 0.25) is 0 Å². The Morgan fingerprint density at radius 3 is 2.70 bits per heavy atom. The van der Waals surface area contributed by atoms with E-state index in [-0.39, 0.29) is 0 Å². The van der Waals surface area contributed by atoms with E-state index < -0.39 is 0 Å². The van der Waals surface area contributed by atoms with Gasteiger partial charge in [-0.3, -0.25) is 4.98 Å². The van der Waals surface area contributed by atoms with E-state index in [1.165, 1.54) is 23.5 Å². The zero-order chi connectivity index (χ0) is 13.8. The van der Waals surface area contributed by atoms with Crippen molar-refractivity contribution in [2.24, 2.45) is 0 Å². The van der Waals surface area contributed by atoms with Gasteiger partial charge >= 0.3 is 0 Å². The van der Waals surface area contributed by atoms with Crippen LogP contribution in [0, 0.1) is 6.92 Å². The summed E-state index contributed by atoms with van der Waals surface area (Å²) in [5.74, 6) is 0. The highest BCUT2D eigenvalue weighted by atomic mass is 32.1. The summed E-state index contributed by atoms with van der Waals surface area (Å²) in [5, 5.41) is 6.94. The molecular formula is C15H20N4S. The molecule has 1 fully saturated rings. The molecule has 0 spiro atoms. The number of aryl methyl sites for hydroxylation is 1. The first-order valence-corrected chi connectivity index (χ1v) is 7.98. The van der Waals surface area contributed by atoms with Crippen LogP contribution in [-0.4, -0.2) is 29.1 Å². The molecule has 0 bridgehead atoms. The quantitative estimate of drug-likeness (QED) is 0.939. The first-order valence-electron chi connectivity index (χ1n) is 7.10. The van der Waals surface area contributed by atoms with Gasteiger partial charge in [-0.05, 0) is 31.9 Å². The Morgan fingerprint density at radius 1 is 1.30 bits per heavy atom. The molecule has 1 saturated heterocycles. The largest absolute Gasteiger partial charge is 0.371 e. The van der Waals surface area contributed by atoms with Gasteiger partial charge < -0.3 is 10.2 Å². The fourth-order valence-electron chi connectivity index (χ4n) is 2.61. The molecule has 4 nitrogen and oxygen atoms in total. The maximum absolute atomic E-state index is 4.50. The molecular weight excluding hydrogens is 268 g/mol. The van der Waals surface area contributed by atoms with E-state index in [4.69, 9.17) is 0 Å². The van der Waals surface area contributed by atoms with Gasteiger partial charge in [-0.15, -0.1) is 11.3 Å². The monoisotopic (exact) mass is 288 g/mol. The number of hydrogen-bond donors (Lipinski definition) is 1. The third-order valence-electron chi connectivity index (χ3n) is 3.73. The Morgan fingerprint density at radius 2 is 2.05 bits per heavy atom. The molecule has 1 N–H and O–H groups in total. The van der Waals surface area contributed by atoms with Gasteiger partial charge in [0.05, 0.1) is 0 Å². The topological polar surface area (TPSA) is 41.0 Å². The molecule has 0 atom stereocenters. The maximum atomic E-state index is 4.50. The first kappa shape index (κ1) is 13.5. The number of pyridine rings is 1. The number of piperidine rings is 1. The highest BCUT2D eigenvalue weighted by molar-refractivity contribution is 7.09. The SMILES string of the molecule is Cc1csc(CNC2CCN(c3ccncc3)CC2)n1. The second-order valence-corrected chi connectivity index (χ2v) is 6.17. The lowest BCUT2D eigenvalue weighted by Crippen LogP contribution is -2.42. The number of aromatic nitrogens is 2. The molecule has 106 valence electrons. The van der Waals surface area contributed by atoms with Crippen molar-refractivity contribution in [3.8, 4) is 0 Å². The van der Waals surface area contributed by atoms with Crippen LogP contribution in [0.4, 0.5) is 5.69 Å². The van der Waals surface area contributed by atoms with Crippen LogP contribution < -0.4 is 10.2 Å². The van der Waals surface area contributed by atoms with Gasteiger partial charge in [-0.25, -0.2) is 4.98 Å². The van der Waals surface area contributed by atoms with E-state index >= 15 is 0 Å². The highest BCUT2D eigenvalue weighted by Crippen LogP contribution is 2.19. The van der Waals surface area contributed by atoms with Crippen molar-refractivity contribution in [3.63, 3.8) is 0 Å². The minimum absolute atomic E-state index is 0.609. The van der Waals surface area contributed by atoms with Gasteiger partial charge in [-0.2, -0.15) is 0 Å². The molecule has 0 radical (unpaired) electrons. The maximum Gasteiger partial charge on any atom is 0.107 e.